The Labute approximate surface area is 139 Å². The highest BCUT2D eigenvalue weighted by atomic mass is 19.1. The minimum atomic E-state index is -0.282. The molecule has 0 saturated carbocycles. The van der Waals surface area contributed by atoms with Gasteiger partial charge in [-0.2, -0.15) is 0 Å². The Bertz CT molecular complexity index is 811. The van der Waals surface area contributed by atoms with E-state index in [0.29, 0.717) is 17.4 Å². The number of nitrogens with zero attached hydrogens (tertiary/aromatic N) is 3. The second-order valence-corrected chi connectivity index (χ2v) is 5.84. The fourth-order valence-electron chi connectivity index (χ4n) is 2.99. The van der Waals surface area contributed by atoms with Crippen LogP contribution in [0.2, 0.25) is 0 Å². The summed E-state index contributed by atoms with van der Waals surface area (Å²) in [6.07, 6.45) is 5.36. The number of hydrogen-bond donors (Lipinski definition) is 1. The molecule has 0 amide bonds. The van der Waals surface area contributed by atoms with E-state index in [1.54, 1.807) is 30.6 Å². The van der Waals surface area contributed by atoms with Gasteiger partial charge in [0.05, 0.1) is 0 Å². The van der Waals surface area contributed by atoms with Gasteiger partial charge in [-0.3, -0.25) is 0 Å². The predicted molar refractivity (Wildman–Crippen MR) is 87.8 cm³/mol. The fraction of sp³-hybridized carbons (Fsp3) is 0.278. The first-order valence-corrected chi connectivity index (χ1v) is 8.06. The number of benzene rings is 1. The van der Waals surface area contributed by atoms with E-state index >= 15 is 0 Å². The average Bonchev–Trinajstić information content (AvgIpc) is 3.09. The molecule has 1 saturated heterocycles. The maximum Gasteiger partial charge on any atom is 0.227 e. The van der Waals surface area contributed by atoms with Crippen molar-refractivity contribution in [1.29, 1.82) is 0 Å². The van der Waals surface area contributed by atoms with Crippen LogP contribution in [0.15, 0.2) is 47.1 Å². The topological polar surface area (TPSA) is 63.8 Å². The van der Waals surface area contributed by atoms with Crippen molar-refractivity contribution in [3.05, 3.63) is 54.3 Å². The zero-order valence-corrected chi connectivity index (χ0v) is 13.1. The average molecular weight is 324 g/mol. The van der Waals surface area contributed by atoms with Crippen LogP contribution in [0.3, 0.4) is 0 Å². The summed E-state index contributed by atoms with van der Waals surface area (Å²) in [5.41, 5.74) is 1.43. The molecule has 122 valence electrons. The number of hydrogen-bond acceptors (Lipinski definition) is 5. The molecule has 1 N–H and O–H groups in total. The number of oxazole rings is 1. The minimum absolute atomic E-state index is 0.282. The van der Waals surface area contributed by atoms with Gasteiger partial charge in [0.15, 0.2) is 11.5 Å². The summed E-state index contributed by atoms with van der Waals surface area (Å²) in [6.45, 7) is 1.90. The van der Waals surface area contributed by atoms with E-state index in [4.69, 9.17) is 4.42 Å². The number of piperidine rings is 1. The molecule has 2 aromatic heterocycles. The third kappa shape index (κ3) is 2.92. The Morgan fingerprint density at radius 1 is 1.04 bits per heavy atom. The summed E-state index contributed by atoms with van der Waals surface area (Å²) in [5.74, 6) is 1.86. The van der Waals surface area contributed by atoms with Gasteiger partial charge in [-0.05, 0) is 56.3 Å². The number of nitrogens with one attached hydrogen (secondary N) is 1. The van der Waals surface area contributed by atoms with E-state index in [-0.39, 0.29) is 11.7 Å². The Balaban J connectivity index is 1.79. The SMILES string of the molecule is Fc1ccc(-c2nc(-c3ncccn3)c(C3CCNCC3)o2)cc1. The summed E-state index contributed by atoms with van der Waals surface area (Å²) in [7, 11) is 0. The normalized spacial score (nSPS) is 15.5. The summed E-state index contributed by atoms with van der Waals surface area (Å²) >= 11 is 0. The van der Waals surface area contributed by atoms with Crippen molar-refractivity contribution in [1.82, 2.24) is 20.3 Å². The van der Waals surface area contributed by atoms with E-state index in [2.05, 4.69) is 20.3 Å². The third-order valence-electron chi connectivity index (χ3n) is 4.23. The van der Waals surface area contributed by atoms with Crippen molar-refractivity contribution in [2.45, 2.75) is 18.8 Å². The first kappa shape index (κ1) is 15.0. The smallest absolute Gasteiger partial charge is 0.227 e. The molecule has 0 spiro atoms. The molecule has 0 atom stereocenters. The lowest BCUT2D eigenvalue weighted by Gasteiger charge is -2.20. The van der Waals surface area contributed by atoms with Crippen LogP contribution in [0.25, 0.3) is 23.0 Å². The van der Waals surface area contributed by atoms with Crippen molar-refractivity contribution in [3.63, 3.8) is 0 Å². The first-order chi connectivity index (χ1) is 11.8. The van der Waals surface area contributed by atoms with E-state index in [9.17, 15) is 4.39 Å². The molecule has 0 aliphatic carbocycles. The molecule has 5 nitrogen and oxygen atoms in total. The van der Waals surface area contributed by atoms with Crippen molar-refractivity contribution in [2.75, 3.05) is 13.1 Å². The molecular weight excluding hydrogens is 307 g/mol. The van der Waals surface area contributed by atoms with Gasteiger partial charge < -0.3 is 9.73 Å². The van der Waals surface area contributed by atoms with Gasteiger partial charge in [0.2, 0.25) is 5.89 Å². The molecule has 1 aromatic carbocycles. The summed E-state index contributed by atoms with van der Waals surface area (Å²) < 4.78 is 19.3. The third-order valence-corrected chi connectivity index (χ3v) is 4.23. The zero-order valence-electron chi connectivity index (χ0n) is 13.1. The van der Waals surface area contributed by atoms with Crippen molar-refractivity contribution in [2.24, 2.45) is 0 Å². The molecule has 3 aromatic rings. The van der Waals surface area contributed by atoms with Crippen LogP contribution in [0.4, 0.5) is 4.39 Å². The highest BCUT2D eigenvalue weighted by molar-refractivity contribution is 5.61. The molecule has 0 unspecified atom stereocenters. The quantitative estimate of drug-likeness (QED) is 0.800. The summed E-state index contributed by atoms with van der Waals surface area (Å²) in [4.78, 5) is 13.3. The molecule has 1 fully saturated rings. The Hall–Kier alpha value is -2.60. The number of rotatable bonds is 3. The molecule has 24 heavy (non-hydrogen) atoms. The van der Waals surface area contributed by atoms with Crippen LogP contribution < -0.4 is 5.32 Å². The Morgan fingerprint density at radius 3 is 2.46 bits per heavy atom. The highest BCUT2D eigenvalue weighted by Gasteiger charge is 2.26. The van der Waals surface area contributed by atoms with Gasteiger partial charge in [0.25, 0.3) is 0 Å². The predicted octanol–water partition coefficient (Wildman–Crippen LogP) is 3.40. The molecule has 0 radical (unpaired) electrons. The van der Waals surface area contributed by atoms with Gasteiger partial charge >= 0.3 is 0 Å². The zero-order chi connectivity index (χ0) is 16.4. The van der Waals surface area contributed by atoms with Crippen molar-refractivity contribution >= 4 is 0 Å². The van der Waals surface area contributed by atoms with Gasteiger partial charge in [-0.25, -0.2) is 19.3 Å². The number of aromatic nitrogens is 3. The molecular formula is C18H17FN4O. The van der Waals surface area contributed by atoms with Crippen LogP contribution in [0.5, 0.6) is 0 Å². The molecule has 1 aliphatic heterocycles. The van der Waals surface area contributed by atoms with Crippen LogP contribution in [0.1, 0.15) is 24.5 Å². The lowest BCUT2D eigenvalue weighted by atomic mass is 9.94. The number of halogens is 1. The largest absolute Gasteiger partial charge is 0.440 e. The summed E-state index contributed by atoms with van der Waals surface area (Å²) in [6, 6.07) is 7.92. The first-order valence-electron chi connectivity index (χ1n) is 8.06. The van der Waals surface area contributed by atoms with E-state index < -0.39 is 0 Å². The van der Waals surface area contributed by atoms with Gasteiger partial charge in [-0.15, -0.1) is 0 Å². The van der Waals surface area contributed by atoms with E-state index in [1.807, 2.05) is 0 Å². The van der Waals surface area contributed by atoms with Gasteiger partial charge in [-0.1, -0.05) is 0 Å². The lowest BCUT2D eigenvalue weighted by molar-refractivity contribution is 0.390. The maximum atomic E-state index is 13.2. The van der Waals surface area contributed by atoms with Gasteiger partial charge in [0.1, 0.15) is 11.6 Å². The minimum Gasteiger partial charge on any atom is -0.440 e. The van der Waals surface area contributed by atoms with Crippen molar-refractivity contribution < 1.29 is 8.81 Å². The van der Waals surface area contributed by atoms with Crippen molar-refractivity contribution in [3.8, 4) is 23.0 Å². The summed E-state index contributed by atoms with van der Waals surface area (Å²) in [5, 5.41) is 3.35. The van der Waals surface area contributed by atoms with Crippen LogP contribution in [0, 0.1) is 5.82 Å². The fourth-order valence-corrected chi connectivity index (χ4v) is 2.99. The van der Waals surface area contributed by atoms with Crippen LogP contribution in [-0.2, 0) is 0 Å². The monoisotopic (exact) mass is 324 g/mol. The Morgan fingerprint density at radius 2 is 1.75 bits per heavy atom. The standard InChI is InChI=1S/C18H17FN4O/c19-14-4-2-13(3-5-14)18-23-15(17-21-8-1-9-22-17)16(24-18)12-6-10-20-11-7-12/h1-5,8-9,12,20H,6-7,10-11H2. The van der Waals surface area contributed by atoms with E-state index in [1.165, 1.54) is 12.1 Å². The maximum absolute atomic E-state index is 13.2. The molecule has 4 rings (SSSR count). The molecule has 6 heteroatoms. The van der Waals surface area contributed by atoms with E-state index in [0.717, 1.165) is 37.3 Å². The Kier molecular flexibility index (Phi) is 4.04. The molecule has 3 heterocycles. The van der Waals surface area contributed by atoms with Crippen LogP contribution in [-0.4, -0.2) is 28.0 Å². The van der Waals surface area contributed by atoms with Crippen LogP contribution >= 0.6 is 0 Å². The van der Waals surface area contributed by atoms with Gasteiger partial charge in [0, 0.05) is 23.9 Å². The second-order valence-electron chi connectivity index (χ2n) is 5.84. The molecule has 1 aliphatic rings. The highest BCUT2D eigenvalue weighted by Crippen LogP contribution is 2.35. The molecule has 0 bridgehead atoms. The second kappa shape index (κ2) is 6.49. The lowest BCUT2D eigenvalue weighted by Crippen LogP contribution is -2.26.